The van der Waals surface area contributed by atoms with E-state index in [4.69, 9.17) is 4.74 Å². The third kappa shape index (κ3) is 3.75. The normalized spacial score (nSPS) is 20.5. The highest BCUT2D eigenvalue weighted by Crippen LogP contribution is 2.34. The number of carbonyl (C=O) groups excluding carboxylic acids is 1. The molecular formula is C18H21F3N2O4S. The van der Waals surface area contributed by atoms with Gasteiger partial charge in [-0.3, -0.25) is 4.90 Å². The number of rotatable bonds is 3. The number of piperidine rings is 1. The second kappa shape index (κ2) is 7.40. The number of ether oxygens (including phenoxy) is 1. The fourth-order valence-corrected chi connectivity index (χ4v) is 5.03. The Hall–Kier alpha value is -2.07. The van der Waals surface area contributed by atoms with Gasteiger partial charge in [-0.25, -0.2) is 13.2 Å². The third-order valence-electron chi connectivity index (χ3n) is 5.27. The minimum atomic E-state index is -4.70. The van der Waals surface area contributed by atoms with E-state index in [0.717, 1.165) is 29.4 Å². The summed E-state index contributed by atoms with van der Waals surface area (Å²) in [7, 11) is -4.21. The van der Waals surface area contributed by atoms with Crippen molar-refractivity contribution in [3.05, 3.63) is 40.3 Å². The Morgan fingerprint density at radius 1 is 1.14 bits per heavy atom. The van der Waals surface area contributed by atoms with E-state index in [1.807, 2.05) is 12.1 Å². The molecule has 1 aromatic rings. The molecule has 154 valence electrons. The molecule has 1 aromatic carbocycles. The highest BCUT2D eigenvalue weighted by atomic mass is 32.2. The van der Waals surface area contributed by atoms with Crippen molar-refractivity contribution in [1.82, 2.24) is 4.31 Å². The Balaban J connectivity index is 1.78. The summed E-state index contributed by atoms with van der Waals surface area (Å²) in [5.74, 6) is 0. The van der Waals surface area contributed by atoms with Gasteiger partial charge in [0.2, 0.25) is 10.0 Å². The number of nitrogens with zero attached hydrogens (tertiary/aromatic N) is 2. The second-order valence-corrected chi connectivity index (χ2v) is 8.95. The first-order valence-corrected chi connectivity index (χ1v) is 10.3. The average molecular weight is 418 g/mol. The summed E-state index contributed by atoms with van der Waals surface area (Å²) in [5, 5.41) is 0. The largest absolute Gasteiger partial charge is 0.444 e. The smallest absolute Gasteiger partial charge is 0.414 e. The molecule has 2 heterocycles. The summed E-state index contributed by atoms with van der Waals surface area (Å²) in [6.07, 6.45) is -4.58. The molecule has 0 aromatic heterocycles. The number of fused-ring (bicyclic) bond motifs is 1. The second-order valence-electron chi connectivity index (χ2n) is 6.87. The van der Waals surface area contributed by atoms with Gasteiger partial charge in [-0.15, -0.1) is 0 Å². The highest BCUT2D eigenvalue weighted by molar-refractivity contribution is 7.93. The van der Waals surface area contributed by atoms with Crippen LogP contribution < -0.4 is 4.90 Å². The lowest BCUT2D eigenvalue weighted by atomic mass is 10.0. The maximum Gasteiger partial charge on any atom is 0.414 e. The number of carbonyl (C=O) groups is 1. The van der Waals surface area contributed by atoms with Crippen LogP contribution in [0, 0.1) is 0 Å². The molecule has 2 aliphatic rings. The van der Waals surface area contributed by atoms with E-state index in [-0.39, 0.29) is 25.7 Å². The Kier molecular flexibility index (Phi) is 5.46. The van der Waals surface area contributed by atoms with Crippen molar-refractivity contribution in [2.24, 2.45) is 0 Å². The minimum absolute atomic E-state index is 0.0292. The summed E-state index contributed by atoms with van der Waals surface area (Å²) in [5.41, 5.74) is 0.462. The van der Waals surface area contributed by atoms with Crippen molar-refractivity contribution < 1.29 is 31.1 Å². The van der Waals surface area contributed by atoms with Crippen LogP contribution in [0.15, 0.2) is 34.7 Å². The number of hydrogen-bond donors (Lipinski definition) is 0. The zero-order valence-electron chi connectivity index (χ0n) is 15.5. The molecule has 0 saturated carbocycles. The average Bonchev–Trinajstić information content (AvgIpc) is 2.66. The lowest BCUT2D eigenvalue weighted by Gasteiger charge is -2.39. The zero-order chi connectivity index (χ0) is 20.7. The van der Waals surface area contributed by atoms with Gasteiger partial charge in [-0.2, -0.15) is 17.5 Å². The molecule has 28 heavy (non-hydrogen) atoms. The van der Waals surface area contributed by atoms with Gasteiger partial charge in [-0.05, 0) is 32.8 Å². The topological polar surface area (TPSA) is 66.9 Å². The van der Waals surface area contributed by atoms with Crippen LogP contribution in [0.1, 0.15) is 32.3 Å². The van der Waals surface area contributed by atoms with Crippen LogP contribution in [0.5, 0.6) is 0 Å². The summed E-state index contributed by atoms with van der Waals surface area (Å²) in [4.78, 5) is 13.1. The lowest BCUT2D eigenvalue weighted by Crippen LogP contribution is -2.50. The molecule has 6 nitrogen and oxygen atoms in total. The predicted octanol–water partition coefficient (Wildman–Crippen LogP) is 3.79. The Labute approximate surface area is 161 Å². The Morgan fingerprint density at radius 2 is 1.75 bits per heavy atom. The summed E-state index contributed by atoms with van der Waals surface area (Å²) in [6, 6.07) is 7.01. The van der Waals surface area contributed by atoms with Gasteiger partial charge >= 0.3 is 12.3 Å². The molecule has 10 heteroatoms. The van der Waals surface area contributed by atoms with Gasteiger partial charge in [0, 0.05) is 30.3 Å². The maximum absolute atomic E-state index is 12.9. The molecule has 3 rings (SSSR count). The van der Waals surface area contributed by atoms with Gasteiger partial charge in [0.15, 0.2) is 0 Å². The number of amides is 1. The first-order valence-electron chi connectivity index (χ1n) is 8.82. The van der Waals surface area contributed by atoms with Gasteiger partial charge < -0.3 is 4.74 Å². The molecule has 1 fully saturated rings. The van der Waals surface area contributed by atoms with E-state index in [1.165, 1.54) is 4.90 Å². The van der Waals surface area contributed by atoms with Crippen LogP contribution in [0.2, 0.25) is 0 Å². The van der Waals surface area contributed by atoms with E-state index < -0.39 is 32.8 Å². The van der Waals surface area contributed by atoms with E-state index in [9.17, 15) is 26.4 Å². The number of allylic oxidation sites excluding steroid dienone is 2. The molecule has 0 radical (unpaired) electrons. The Morgan fingerprint density at radius 3 is 2.36 bits per heavy atom. The van der Waals surface area contributed by atoms with Crippen LogP contribution in [-0.2, 0) is 21.4 Å². The van der Waals surface area contributed by atoms with Crippen molar-refractivity contribution in [3.8, 4) is 0 Å². The fourth-order valence-electron chi connectivity index (χ4n) is 3.45. The summed E-state index contributed by atoms with van der Waals surface area (Å²) >= 11 is 0. The number of sulfonamides is 1. The number of hydrogen-bond acceptors (Lipinski definition) is 4. The summed E-state index contributed by atoms with van der Waals surface area (Å²) in [6.45, 7) is 1.98. The molecule has 2 aliphatic heterocycles. The van der Waals surface area contributed by atoms with Gasteiger partial charge in [0.1, 0.15) is 6.61 Å². The zero-order valence-corrected chi connectivity index (χ0v) is 16.3. The van der Waals surface area contributed by atoms with E-state index in [1.54, 1.807) is 12.1 Å². The molecular weight excluding hydrogens is 397 g/mol. The van der Waals surface area contributed by atoms with E-state index in [2.05, 4.69) is 0 Å². The number of para-hydroxylation sites is 1. The minimum Gasteiger partial charge on any atom is -0.444 e. The molecule has 0 aliphatic carbocycles. The van der Waals surface area contributed by atoms with Gasteiger partial charge in [0.25, 0.3) is 0 Å². The monoisotopic (exact) mass is 418 g/mol. The molecule has 0 spiro atoms. The molecule has 1 saturated heterocycles. The van der Waals surface area contributed by atoms with Crippen LogP contribution in [-0.4, -0.2) is 44.1 Å². The van der Waals surface area contributed by atoms with Crippen molar-refractivity contribution in [2.45, 2.75) is 45.5 Å². The molecule has 0 unspecified atom stereocenters. The lowest BCUT2D eigenvalue weighted by molar-refractivity contribution is -0.0917. The summed E-state index contributed by atoms with van der Waals surface area (Å²) < 4.78 is 70.1. The number of cyclic esters (lactones) is 1. The molecule has 0 N–H and O–H groups in total. The number of benzene rings is 1. The van der Waals surface area contributed by atoms with Crippen molar-refractivity contribution in [2.75, 3.05) is 18.0 Å². The van der Waals surface area contributed by atoms with Gasteiger partial charge in [-0.1, -0.05) is 18.2 Å². The van der Waals surface area contributed by atoms with Crippen molar-refractivity contribution >= 4 is 21.8 Å². The quantitative estimate of drug-likeness (QED) is 0.749. The standard InChI is InChI=1S/C18H21F3N2O4S/c1-12(18(19,20)21)13(2)28(25,26)22-9-7-15(8-10-22)23-16-6-4-3-5-14(16)11-27-17(23)24/h3-6,15H,7-11H2,1-2H3/b13-12-. The number of halogens is 3. The first kappa shape index (κ1) is 20.7. The SMILES string of the molecule is C/C(=C(\C)S(=O)(=O)N1CCC(N2C(=O)OCc3ccccc32)CC1)C(F)(F)F. The van der Waals surface area contributed by atoms with Crippen LogP contribution >= 0.6 is 0 Å². The number of anilines is 1. The third-order valence-corrected chi connectivity index (χ3v) is 7.39. The molecule has 0 atom stereocenters. The van der Waals surface area contributed by atoms with Crippen LogP contribution in [0.3, 0.4) is 0 Å². The number of alkyl halides is 3. The predicted molar refractivity (Wildman–Crippen MR) is 97.0 cm³/mol. The fraction of sp³-hybridized carbons (Fsp3) is 0.500. The molecule has 1 amide bonds. The van der Waals surface area contributed by atoms with Crippen LogP contribution in [0.4, 0.5) is 23.7 Å². The molecule has 0 bridgehead atoms. The van der Waals surface area contributed by atoms with E-state index >= 15 is 0 Å². The first-order chi connectivity index (χ1) is 13.0. The van der Waals surface area contributed by atoms with Crippen molar-refractivity contribution in [1.29, 1.82) is 0 Å². The van der Waals surface area contributed by atoms with Crippen molar-refractivity contribution in [3.63, 3.8) is 0 Å². The highest BCUT2D eigenvalue weighted by Gasteiger charge is 2.40. The van der Waals surface area contributed by atoms with E-state index in [0.29, 0.717) is 12.8 Å². The van der Waals surface area contributed by atoms with Crippen LogP contribution in [0.25, 0.3) is 0 Å². The Bertz CT molecular complexity index is 904. The maximum atomic E-state index is 12.9. The van der Waals surface area contributed by atoms with Gasteiger partial charge in [0.05, 0.1) is 10.6 Å².